The zero-order chi connectivity index (χ0) is 33.6. The van der Waals surface area contributed by atoms with Crippen molar-refractivity contribution in [1.29, 1.82) is 0 Å². The average molecular weight is 673 g/mol. The first-order valence-corrected chi connectivity index (χ1v) is 18.0. The number of benzene rings is 4. The minimum absolute atomic E-state index is 0.348. The molecule has 10 heteroatoms. The monoisotopic (exact) mass is 672 g/mol. The third kappa shape index (κ3) is 7.29. The van der Waals surface area contributed by atoms with E-state index in [2.05, 4.69) is 0 Å². The largest absolute Gasteiger partial charge is 0.457 e. The lowest BCUT2D eigenvalue weighted by atomic mass is 9.78. The smallest absolute Gasteiger partial charge is 0.361 e. The minimum Gasteiger partial charge on any atom is -0.457 e. The van der Waals surface area contributed by atoms with E-state index >= 15 is 0 Å². The van der Waals surface area contributed by atoms with Gasteiger partial charge < -0.3 is 27.6 Å². The number of allylic oxidation sites excluding steroid dienone is 6. The maximum Gasteiger partial charge on any atom is 0.361 e. The number of hydrogen-bond acceptors (Lipinski definition) is 8. The molecule has 0 bridgehead atoms. The van der Waals surface area contributed by atoms with Gasteiger partial charge in [0.15, 0.2) is 0 Å². The molecule has 0 spiro atoms. The molecule has 1 unspecified atom stereocenters. The predicted octanol–water partition coefficient (Wildman–Crippen LogP) is 9.57. The Labute approximate surface area is 276 Å². The number of para-hydroxylation sites is 2. The summed E-state index contributed by atoms with van der Waals surface area (Å²) in [6.45, 7) is 4.01. The van der Waals surface area contributed by atoms with Crippen LogP contribution in [0.5, 0.6) is 23.0 Å². The molecule has 1 atom stereocenters. The number of rotatable bonds is 12. The van der Waals surface area contributed by atoms with Crippen LogP contribution in [0.15, 0.2) is 126 Å². The zero-order valence-electron chi connectivity index (χ0n) is 27.2. The highest BCUT2D eigenvalue weighted by molar-refractivity contribution is 7.62. The van der Waals surface area contributed by atoms with Gasteiger partial charge in [-0.3, -0.25) is 9.13 Å². The summed E-state index contributed by atoms with van der Waals surface area (Å²) in [5, 5.41) is 0.720. The molecule has 0 amide bonds. The maximum atomic E-state index is 14.1. The van der Waals surface area contributed by atoms with Crippen LogP contribution in [0.4, 0.5) is 0 Å². The van der Waals surface area contributed by atoms with Crippen LogP contribution in [0.2, 0.25) is 0 Å². The normalized spacial score (nSPS) is 14.9. The molecule has 244 valence electrons. The lowest BCUT2D eigenvalue weighted by Crippen LogP contribution is -2.21. The highest BCUT2D eigenvalue weighted by Crippen LogP contribution is 2.52. The molecule has 1 aliphatic carbocycles. The van der Waals surface area contributed by atoms with E-state index in [0.717, 1.165) is 16.7 Å². The van der Waals surface area contributed by atoms with Gasteiger partial charge >= 0.3 is 15.2 Å². The van der Waals surface area contributed by atoms with E-state index in [0.29, 0.717) is 44.7 Å². The van der Waals surface area contributed by atoms with E-state index in [-0.39, 0.29) is 5.92 Å². The minimum atomic E-state index is -3.77. The van der Waals surface area contributed by atoms with Gasteiger partial charge in [0, 0.05) is 34.4 Å². The molecular formula is C37H38O8P2. The van der Waals surface area contributed by atoms with Crippen molar-refractivity contribution in [3.8, 4) is 23.0 Å². The summed E-state index contributed by atoms with van der Waals surface area (Å²) in [5.74, 6) is 1.85. The molecule has 0 N–H and O–H groups in total. The lowest BCUT2D eigenvalue weighted by molar-refractivity contribution is 0.286. The highest BCUT2D eigenvalue weighted by atomic mass is 31.2. The van der Waals surface area contributed by atoms with E-state index in [1.165, 1.54) is 28.4 Å². The molecule has 4 aromatic rings. The first-order chi connectivity index (χ1) is 22.7. The summed E-state index contributed by atoms with van der Waals surface area (Å²) in [4.78, 5) is 0. The fraction of sp³-hybridized carbons (Fsp3) is 0.189. The van der Waals surface area contributed by atoms with Crippen LogP contribution >= 0.6 is 15.2 Å². The van der Waals surface area contributed by atoms with Crippen LogP contribution in [-0.2, 0) is 27.2 Å². The van der Waals surface area contributed by atoms with Gasteiger partial charge in [-0.05, 0) is 90.7 Å². The van der Waals surface area contributed by atoms with Gasteiger partial charge in [0.2, 0.25) is 0 Å². The molecule has 0 fully saturated rings. The van der Waals surface area contributed by atoms with Gasteiger partial charge in [-0.1, -0.05) is 66.3 Å². The highest BCUT2D eigenvalue weighted by Gasteiger charge is 2.36. The Morgan fingerprint density at radius 3 is 1.60 bits per heavy atom. The fourth-order valence-corrected chi connectivity index (χ4v) is 8.27. The average Bonchev–Trinajstić information content (AvgIpc) is 3.11. The topological polar surface area (TPSA) is 89.5 Å². The Morgan fingerprint density at radius 2 is 1.09 bits per heavy atom. The Morgan fingerprint density at radius 1 is 0.596 bits per heavy atom. The van der Waals surface area contributed by atoms with Crippen LogP contribution in [0.3, 0.4) is 0 Å². The summed E-state index contributed by atoms with van der Waals surface area (Å²) >= 11 is 0. The Bertz CT molecular complexity index is 1900. The number of ether oxygens (including phenoxy) is 2. The van der Waals surface area contributed by atoms with Crippen molar-refractivity contribution in [2.24, 2.45) is 0 Å². The molecule has 0 aliphatic heterocycles. The summed E-state index contributed by atoms with van der Waals surface area (Å²) in [6, 6.07) is 29.5. The Balaban J connectivity index is 1.64. The van der Waals surface area contributed by atoms with Gasteiger partial charge in [0.25, 0.3) is 0 Å². The second-order valence-corrected chi connectivity index (χ2v) is 15.2. The Hall–Kier alpha value is -4.00. The van der Waals surface area contributed by atoms with E-state index in [9.17, 15) is 9.13 Å². The van der Waals surface area contributed by atoms with Crippen LogP contribution < -0.4 is 20.1 Å². The molecule has 47 heavy (non-hydrogen) atoms. The van der Waals surface area contributed by atoms with Gasteiger partial charge in [-0.2, -0.15) is 0 Å². The third-order valence-corrected chi connectivity index (χ3v) is 11.7. The van der Waals surface area contributed by atoms with Crippen molar-refractivity contribution in [3.63, 3.8) is 0 Å². The predicted molar refractivity (Wildman–Crippen MR) is 187 cm³/mol. The van der Waals surface area contributed by atoms with Crippen molar-refractivity contribution in [3.05, 3.63) is 138 Å². The summed E-state index contributed by atoms with van der Waals surface area (Å²) in [5.41, 5.74) is 4.07. The van der Waals surface area contributed by atoms with Crippen LogP contribution in [0.25, 0.3) is 5.57 Å². The van der Waals surface area contributed by atoms with Gasteiger partial charge in [-0.15, -0.1) is 0 Å². The van der Waals surface area contributed by atoms with Crippen molar-refractivity contribution >= 4 is 31.4 Å². The third-order valence-electron chi connectivity index (χ3n) is 7.81. The van der Waals surface area contributed by atoms with Gasteiger partial charge in [-0.25, -0.2) is 0 Å². The maximum absolute atomic E-state index is 14.1. The molecular weight excluding hydrogens is 634 g/mol. The van der Waals surface area contributed by atoms with Crippen molar-refractivity contribution in [2.75, 3.05) is 28.4 Å². The molecule has 0 saturated heterocycles. The molecule has 4 aromatic carbocycles. The lowest BCUT2D eigenvalue weighted by Gasteiger charge is -2.30. The molecule has 0 radical (unpaired) electrons. The molecule has 8 nitrogen and oxygen atoms in total. The second-order valence-electron chi connectivity index (χ2n) is 10.8. The van der Waals surface area contributed by atoms with E-state index in [1.54, 1.807) is 12.1 Å². The van der Waals surface area contributed by atoms with Crippen LogP contribution in [-0.4, -0.2) is 28.4 Å². The van der Waals surface area contributed by atoms with E-state index in [4.69, 9.17) is 27.6 Å². The summed E-state index contributed by atoms with van der Waals surface area (Å²) in [7, 11) is -2.09. The molecule has 0 saturated carbocycles. The molecule has 0 heterocycles. The first-order valence-electron chi connectivity index (χ1n) is 14.9. The standard InChI is InChI=1S/C37H38O8P2/c1-26(2)37-33(31-22-20-29(44-27-14-9-7-10-15-27)24-35(31)46(38,40-3)41-4)18-13-19-34(37)32-23-21-30(45-28-16-11-8-12-17-28)25-36(32)47(39,42-5)43-6/h7-25,33H,1-6H3. The fourth-order valence-electron chi connectivity index (χ4n) is 5.60. The SMILES string of the molecule is COP(=O)(OC)c1cc(Oc2ccccc2)ccc1C1=CC=CC(c2ccc(Oc3ccccc3)cc2P(=O)(OC)OC)C1=C(C)C. The summed E-state index contributed by atoms with van der Waals surface area (Å²) < 4.78 is 62.3. The first kappa shape index (κ1) is 34.3. The Kier molecular flexibility index (Phi) is 10.8. The zero-order valence-corrected chi connectivity index (χ0v) is 29.0. The van der Waals surface area contributed by atoms with Crippen molar-refractivity contribution in [2.45, 2.75) is 19.8 Å². The quantitative estimate of drug-likeness (QED) is 0.138. The van der Waals surface area contributed by atoms with E-state index < -0.39 is 15.2 Å². The van der Waals surface area contributed by atoms with E-state index in [1.807, 2.05) is 117 Å². The van der Waals surface area contributed by atoms with Gasteiger partial charge in [0.05, 0.1) is 10.6 Å². The number of hydrogen-bond donors (Lipinski definition) is 0. The van der Waals surface area contributed by atoms with Gasteiger partial charge in [0.1, 0.15) is 23.0 Å². The van der Waals surface area contributed by atoms with Crippen molar-refractivity contribution in [1.82, 2.24) is 0 Å². The van der Waals surface area contributed by atoms with Crippen molar-refractivity contribution < 1.29 is 36.7 Å². The molecule has 5 rings (SSSR count). The van der Waals surface area contributed by atoms with Crippen LogP contribution in [0, 0.1) is 0 Å². The summed E-state index contributed by atoms with van der Waals surface area (Å²) in [6.07, 6.45) is 5.92. The van der Waals surface area contributed by atoms with Crippen LogP contribution in [0.1, 0.15) is 30.9 Å². The molecule has 0 aromatic heterocycles. The second kappa shape index (κ2) is 14.8. The molecule has 1 aliphatic rings.